The maximum atomic E-state index is 6.25. The molecule has 0 bridgehead atoms. The summed E-state index contributed by atoms with van der Waals surface area (Å²) < 4.78 is 5.09. The Bertz CT molecular complexity index is 290. The highest BCUT2D eigenvalue weighted by atomic mass is 32.1. The molecule has 0 spiro atoms. The number of methoxy groups -OCH3 is 1. The van der Waals surface area contributed by atoms with Crippen LogP contribution in [-0.2, 0) is 4.74 Å². The summed E-state index contributed by atoms with van der Waals surface area (Å²) in [6.45, 7) is 3.97. The van der Waals surface area contributed by atoms with Gasteiger partial charge in [0.1, 0.15) is 0 Å². The van der Waals surface area contributed by atoms with Crippen LogP contribution < -0.4 is 5.73 Å². The first kappa shape index (κ1) is 14.6. The highest BCUT2D eigenvalue weighted by Gasteiger charge is 2.22. The molecule has 0 saturated carbocycles. The van der Waals surface area contributed by atoms with E-state index in [4.69, 9.17) is 10.5 Å². The first-order chi connectivity index (χ1) is 8.20. The predicted octanol–water partition coefficient (Wildman–Crippen LogP) is 2.49. The summed E-state index contributed by atoms with van der Waals surface area (Å²) >= 11 is 1.73. The molecule has 0 aliphatic rings. The number of ether oxygens (including phenoxy) is 1. The Hall–Kier alpha value is -0.420. The monoisotopic (exact) mass is 256 g/mol. The van der Waals surface area contributed by atoms with Crippen molar-refractivity contribution in [2.75, 3.05) is 27.3 Å². The van der Waals surface area contributed by atoms with E-state index < -0.39 is 0 Å². The standard InChI is InChI=1S/C13H24N2OS/c1-4-12(14)13(11-6-9-17-10-11)15(2)7-5-8-16-3/h6,9-10,12-13H,4-5,7-8,14H2,1-3H3. The molecule has 4 heteroatoms. The number of rotatable bonds is 8. The fourth-order valence-corrected chi connectivity index (χ4v) is 2.78. The number of hydrogen-bond acceptors (Lipinski definition) is 4. The lowest BCUT2D eigenvalue weighted by atomic mass is 9.99. The van der Waals surface area contributed by atoms with Gasteiger partial charge in [-0.1, -0.05) is 6.92 Å². The Morgan fingerprint density at radius 3 is 2.82 bits per heavy atom. The molecule has 0 aliphatic heterocycles. The van der Waals surface area contributed by atoms with E-state index in [1.807, 2.05) is 0 Å². The number of nitrogens with zero attached hydrogens (tertiary/aromatic N) is 1. The van der Waals surface area contributed by atoms with E-state index in [1.165, 1.54) is 5.56 Å². The lowest BCUT2D eigenvalue weighted by molar-refractivity contribution is 0.156. The zero-order chi connectivity index (χ0) is 12.7. The SMILES string of the molecule is CCC(N)C(c1ccsc1)N(C)CCCOC. The van der Waals surface area contributed by atoms with E-state index in [-0.39, 0.29) is 6.04 Å². The van der Waals surface area contributed by atoms with Crippen molar-refractivity contribution in [3.8, 4) is 0 Å². The van der Waals surface area contributed by atoms with Crippen molar-refractivity contribution in [2.24, 2.45) is 5.73 Å². The molecule has 2 N–H and O–H groups in total. The Morgan fingerprint density at radius 2 is 2.29 bits per heavy atom. The van der Waals surface area contributed by atoms with E-state index in [0.717, 1.165) is 26.0 Å². The van der Waals surface area contributed by atoms with Crippen LogP contribution in [0.2, 0.25) is 0 Å². The summed E-state index contributed by atoms with van der Waals surface area (Å²) in [4.78, 5) is 2.34. The summed E-state index contributed by atoms with van der Waals surface area (Å²) in [5.41, 5.74) is 7.58. The first-order valence-corrected chi connectivity index (χ1v) is 7.11. The molecule has 1 aromatic heterocycles. The second-order valence-electron chi connectivity index (χ2n) is 4.40. The van der Waals surface area contributed by atoms with E-state index in [2.05, 4.69) is 35.7 Å². The Labute approximate surface area is 109 Å². The molecule has 0 aromatic carbocycles. The normalized spacial score (nSPS) is 15.1. The molecule has 2 unspecified atom stereocenters. The molecular weight excluding hydrogens is 232 g/mol. The van der Waals surface area contributed by atoms with E-state index in [9.17, 15) is 0 Å². The van der Waals surface area contributed by atoms with Crippen LogP contribution in [0.25, 0.3) is 0 Å². The minimum Gasteiger partial charge on any atom is -0.385 e. The molecule has 1 heterocycles. The predicted molar refractivity (Wildman–Crippen MR) is 74.4 cm³/mol. The Balaban J connectivity index is 2.63. The van der Waals surface area contributed by atoms with Crippen molar-refractivity contribution >= 4 is 11.3 Å². The van der Waals surface area contributed by atoms with Gasteiger partial charge < -0.3 is 10.5 Å². The third-order valence-corrected chi connectivity index (χ3v) is 3.80. The van der Waals surface area contributed by atoms with Crippen molar-refractivity contribution in [3.63, 3.8) is 0 Å². The van der Waals surface area contributed by atoms with Crippen molar-refractivity contribution in [1.29, 1.82) is 0 Å². The van der Waals surface area contributed by atoms with Crippen LogP contribution in [0.5, 0.6) is 0 Å². The maximum Gasteiger partial charge on any atom is 0.0504 e. The fourth-order valence-electron chi connectivity index (χ4n) is 2.09. The third kappa shape index (κ3) is 4.39. The molecule has 0 aliphatic carbocycles. The molecule has 3 nitrogen and oxygen atoms in total. The van der Waals surface area contributed by atoms with Crippen LogP contribution in [0.4, 0.5) is 0 Å². The van der Waals surface area contributed by atoms with Crippen molar-refractivity contribution < 1.29 is 4.74 Å². The molecule has 0 fully saturated rings. The van der Waals surface area contributed by atoms with Gasteiger partial charge in [0.05, 0.1) is 6.04 Å². The third-order valence-electron chi connectivity index (χ3n) is 3.10. The van der Waals surface area contributed by atoms with E-state index in [0.29, 0.717) is 6.04 Å². The van der Waals surface area contributed by atoms with Gasteiger partial charge in [0, 0.05) is 26.3 Å². The summed E-state index contributed by atoms with van der Waals surface area (Å²) in [5.74, 6) is 0. The molecule has 0 saturated heterocycles. The second-order valence-corrected chi connectivity index (χ2v) is 5.18. The Kier molecular flexibility index (Phi) is 6.73. The van der Waals surface area contributed by atoms with Gasteiger partial charge in [0.25, 0.3) is 0 Å². The van der Waals surface area contributed by atoms with Crippen LogP contribution in [0.1, 0.15) is 31.4 Å². The molecule has 0 amide bonds. The van der Waals surface area contributed by atoms with Crippen molar-refractivity contribution in [1.82, 2.24) is 4.90 Å². The molecule has 2 atom stereocenters. The highest BCUT2D eigenvalue weighted by molar-refractivity contribution is 7.07. The number of thiophene rings is 1. The fraction of sp³-hybridized carbons (Fsp3) is 0.692. The minimum absolute atomic E-state index is 0.192. The lowest BCUT2D eigenvalue weighted by Crippen LogP contribution is -2.39. The van der Waals surface area contributed by atoms with Gasteiger partial charge in [-0.3, -0.25) is 4.90 Å². The molecule has 17 heavy (non-hydrogen) atoms. The average Bonchev–Trinajstić information content (AvgIpc) is 2.83. The largest absolute Gasteiger partial charge is 0.385 e. The quantitative estimate of drug-likeness (QED) is 0.726. The highest BCUT2D eigenvalue weighted by Crippen LogP contribution is 2.25. The van der Waals surface area contributed by atoms with Gasteiger partial charge in [0.2, 0.25) is 0 Å². The van der Waals surface area contributed by atoms with E-state index >= 15 is 0 Å². The summed E-state index contributed by atoms with van der Waals surface area (Å²) in [6, 6.07) is 2.69. The van der Waals surface area contributed by atoms with Gasteiger partial charge in [-0.25, -0.2) is 0 Å². The summed E-state index contributed by atoms with van der Waals surface area (Å²) in [6.07, 6.45) is 2.04. The maximum absolute atomic E-state index is 6.25. The van der Waals surface area contributed by atoms with Crippen LogP contribution in [0.3, 0.4) is 0 Å². The summed E-state index contributed by atoms with van der Waals surface area (Å²) in [7, 11) is 3.89. The van der Waals surface area contributed by atoms with E-state index in [1.54, 1.807) is 18.4 Å². The average molecular weight is 256 g/mol. The zero-order valence-electron chi connectivity index (χ0n) is 11.1. The molecule has 1 rings (SSSR count). The topological polar surface area (TPSA) is 38.5 Å². The lowest BCUT2D eigenvalue weighted by Gasteiger charge is -2.32. The zero-order valence-corrected chi connectivity index (χ0v) is 11.9. The van der Waals surface area contributed by atoms with Gasteiger partial charge >= 0.3 is 0 Å². The van der Waals surface area contributed by atoms with Crippen LogP contribution in [-0.4, -0.2) is 38.3 Å². The summed E-state index contributed by atoms with van der Waals surface area (Å²) in [5, 5.41) is 4.32. The van der Waals surface area contributed by atoms with Gasteiger partial charge in [0.15, 0.2) is 0 Å². The van der Waals surface area contributed by atoms with Crippen LogP contribution in [0.15, 0.2) is 16.8 Å². The van der Waals surface area contributed by atoms with Crippen molar-refractivity contribution in [3.05, 3.63) is 22.4 Å². The minimum atomic E-state index is 0.192. The number of likely N-dealkylation sites (N-methyl/N-ethyl adjacent to an activating group) is 1. The number of nitrogens with two attached hydrogens (primary N) is 1. The van der Waals surface area contributed by atoms with Gasteiger partial charge in [-0.05, 0) is 42.3 Å². The number of hydrogen-bond donors (Lipinski definition) is 1. The molecular formula is C13H24N2OS. The van der Waals surface area contributed by atoms with Gasteiger partial charge in [-0.2, -0.15) is 11.3 Å². The molecule has 0 radical (unpaired) electrons. The van der Waals surface area contributed by atoms with Crippen molar-refractivity contribution in [2.45, 2.75) is 31.8 Å². The molecule has 1 aromatic rings. The van der Waals surface area contributed by atoms with Gasteiger partial charge in [-0.15, -0.1) is 0 Å². The Morgan fingerprint density at radius 1 is 1.53 bits per heavy atom. The molecule has 98 valence electrons. The first-order valence-electron chi connectivity index (χ1n) is 6.17. The van der Waals surface area contributed by atoms with Crippen LogP contribution in [0, 0.1) is 0 Å². The van der Waals surface area contributed by atoms with Crippen LogP contribution >= 0.6 is 11.3 Å². The smallest absolute Gasteiger partial charge is 0.0504 e. The second kappa shape index (κ2) is 7.82.